The highest BCUT2D eigenvalue weighted by molar-refractivity contribution is 6.12. The van der Waals surface area contributed by atoms with E-state index in [1.165, 1.54) is 35.6 Å². The Morgan fingerprint density at radius 2 is 2.00 bits per heavy atom. The summed E-state index contributed by atoms with van der Waals surface area (Å²) in [7, 11) is 3.06. The van der Waals surface area contributed by atoms with Gasteiger partial charge in [-0.05, 0) is 19.1 Å². The number of ether oxygens (including phenoxy) is 1. The van der Waals surface area contributed by atoms with Gasteiger partial charge in [0.15, 0.2) is 5.69 Å². The van der Waals surface area contributed by atoms with Gasteiger partial charge < -0.3 is 19.5 Å². The highest BCUT2D eigenvalue weighted by Gasteiger charge is 2.26. The zero-order valence-electron chi connectivity index (χ0n) is 14.6. The number of fused-ring (bicyclic) bond motifs is 1. The van der Waals surface area contributed by atoms with E-state index in [0.29, 0.717) is 5.52 Å². The number of benzene rings is 1. The van der Waals surface area contributed by atoms with E-state index in [2.05, 4.69) is 5.32 Å². The number of hydrogen-bond acceptors (Lipinski definition) is 4. The third-order valence-corrected chi connectivity index (χ3v) is 3.83. The van der Waals surface area contributed by atoms with Crippen LogP contribution in [0.15, 0.2) is 18.2 Å². The van der Waals surface area contributed by atoms with Crippen molar-refractivity contribution in [1.29, 1.82) is 0 Å². The standard InChI is InChI=1S/C17H20FN3O4/c1-5-25-17(24)16-15(19-13(23)9-20(3)10(2)22)14-11(18)7-6-8-12(14)21(16)4/h6-8H,5,9H2,1-4H3,(H,19,23). The van der Waals surface area contributed by atoms with Crippen LogP contribution < -0.4 is 5.32 Å². The molecule has 2 amide bonds. The van der Waals surface area contributed by atoms with Crippen LogP contribution >= 0.6 is 0 Å². The van der Waals surface area contributed by atoms with Crippen molar-refractivity contribution in [3.05, 3.63) is 29.7 Å². The molecule has 0 aliphatic rings. The predicted molar refractivity (Wildman–Crippen MR) is 90.8 cm³/mol. The number of nitrogens with one attached hydrogen (secondary N) is 1. The molecule has 0 aliphatic heterocycles. The van der Waals surface area contributed by atoms with Crippen LogP contribution in [-0.2, 0) is 21.4 Å². The third-order valence-electron chi connectivity index (χ3n) is 3.83. The minimum Gasteiger partial charge on any atom is -0.461 e. The van der Waals surface area contributed by atoms with Crippen molar-refractivity contribution >= 4 is 34.4 Å². The fraction of sp³-hybridized carbons (Fsp3) is 0.353. The van der Waals surface area contributed by atoms with Gasteiger partial charge in [0.05, 0.1) is 29.7 Å². The van der Waals surface area contributed by atoms with Gasteiger partial charge in [-0.25, -0.2) is 9.18 Å². The van der Waals surface area contributed by atoms with Gasteiger partial charge in [-0.3, -0.25) is 9.59 Å². The van der Waals surface area contributed by atoms with Crippen molar-refractivity contribution in [2.24, 2.45) is 7.05 Å². The smallest absolute Gasteiger partial charge is 0.357 e. The second-order valence-electron chi connectivity index (χ2n) is 5.56. The molecule has 0 fully saturated rings. The van der Waals surface area contributed by atoms with E-state index in [0.717, 1.165) is 0 Å². The molecule has 134 valence electrons. The largest absolute Gasteiger partial charge is 0.461 e. The number of hydrogen-bond donors (Lipinski definition) is 1. The van der Waals surface area contributed by atoms with Crippen LogP contribution in [0.2, 0.25) is 0 Å². The molecule has 0 aliphatic carbocycles. The van der Waals surface area contributed by atoms with E-state index < -0.39 is 17.7 Å². The van der Waals surface area contributed by atoms with Gasteiger partial charge in [-0.15, -0.1) is 0 Å². The Bertz CT molecular complexity index is 844. The number of halogens is 1. The Morgan fingerprint density at radius 3 is 2.60 bits per heavy atom. The Morgan fingerprint density at radius 1 is 1.32 bits per heavy atom. The van der Waals surface area contributed by atoms with Gasteiger partial charge in [0.2, 0.25) is 11.8 Å². The quantitative estimate of drug-likeness (QED) is 0.836. The molecule has 1 heterocycles. The molecule has 2 rings (SSSR count). The summed E-state index contributed by atoms with van der Waals surface area (Å²) >= 11 is 0. The molecule has 0 radical (unpaired) electrons. The highest BCUT2D eigenvalue weighted by atomic mass is 19.1. The number of rotatable bonds is 5. The second-order valence-corrected chi connectivity index (χ2v) is 5.56. The molecule has 2 aromatic rings. The number of aromatic nitrogens is 1. The monoisotopic (exact) mass is 349 g/mol. The van der Waals surface area contributed by atoms with Crippen LogP contribution in [0.25, 0.3) is 10.9 Å². The van der Waals surface area contributed by atoms with E-state index in [1.807, 2.05) is 0 Å². The summed E-state index contributed by atoms with van der Waals surface area (Å²) in [6.07, 6.45) is 0. The summed E-state index contributed by atoms with van der Waals surface area (Å²) in [5.41, 5.74) is 0.523. The molecule has 0 saturated heterocycles. The van der Waals surface area contributed by atoms with E-state index in [9.17, 15) is 18.8 Å². The maximum absolute atomic E-state index is 14.3. The SMILES string of the molecule is CCOC(=O)c1c(NC(=O)CN(C)C(C)=O)c2c(F)cccc2n1C. The summed E-state index contributed by atoms with van der Waals surface area (Å²) in [5, 5.41) is 2.66. The van der Waals surface area contributed by atoms with Crippen molar-refractivity contribution in [3.63, 3.8) is 0 Å². The molecule has 0 saturated carbocycles. The molecule has 1 N–H and O–H groups in total. The number of esters is 1. The van der Waals surface area contributed by atoms with Crippen LogP contribution in [0.4, 0.5) is 10.1 Å². The van der Waals surface area contributed by atoms with E-state index in [1.54, 1.807) is 20.0 Å². The lowest BCUT2D eigenvalue weighted by molar-refractivity contribution is -0.131. The Kier molecular flexibility index (Phi) is 5.41. The van der Waals surface area contributed by atoms with Crippen LogP contribution in [0.5, 0.6) is 0 Å². The van der Waals surface area contributed by atoms with Crippen LogP contribution in [0.3, 0.4) is 0 Å². The molecular formula is C17H20FN3O4. The van der Waals surface area contributed by atoms with Gasteiger partial charge in [-0.2, -0.15) is 0 Å². The first-order valence-electron chi connectivity index (χ1n) is 7.73. The molecule has 1 aromatic heterocycles. The number of carbonyl (C=O) groups excluding carboxylic acids is 3. The third kappa shape index (κ3) is 3.62. The van der Waals surface area contributed by atoms with Gasteiger partial charge in [-0.1, -0.05) is 6.07 Å². The maximum Gasteiger partial charge on any atom is 0.357 e. The Hall–Kier alpha value is -2.90. The van der Waals surface area contributed by atoms with E-state index >= 15 is 0 Å². The van der Waals surface area contributed by atoms with Crippen LogP contribution in [-0.4, -0.2) is 47.4 Å². The minimum atomic E-state index is -0.671. The number of anilines is 1. The fourth-order valence-corrected chi connectivity index (χ4v) is 2.51. The second kappa shape index (κ2) is 7.33. The zero-order chi connectivity index (χ0) is 18.7. The number of carbonyl (C=O) groups is 3. The van der Waals surface area contributed by atoms with E-state index in [4.69, 9.17) is 4.74 Å². The van der Waals surface area contributed by atoms with Gasteiger partial charge in [0, 0.05) is 21.0 Å². The molecule has 1 aromatic carbocycles. The molecule has 25 heavy (non-hydrogen) atoms. The minimum absolute atomic E-state index is 0.0380. The highest BCUT2D eigenvalue weighted by Crippen LogP contribution is 2.33. The fourth-order valence-electron chi connectivity index (χ4n) is 2.51. The van der Waals surface area contributed by atoms with Crippen LogP contribution in [0.1, 0.15) is 24.3 Å². The number of nitrogens with zero attached hydrogens (tertiary/aromatic N) is 2. The van der Waals surface area contributed by atoms with Crippen molar-refractivity contribution < 1.29 is 23.5 Å². The molecule has 0 atom stereocenters. The molecule has 0 spiro atoms. The lowest BCUT2D eigenvalue weighted by Gasteiger charge is -2.15. The first-order chi connectivity index (χ1) is 11.8. The molecule has 7 nitrogen and oxygen atoms in total. The van der Waals surface area contributed by atoms with Gasteiger partial charge >= 0.3 is 5.97 Å². The van der Waals surface area contributed by atoms with E-state index in [-0.39, 0.29) is 35.8 Å². The van der Waals surface area contributed by atoms with Crippen molar-refractivity contribution in [2.45, 2.75) is 13.8 Å². The molecule has 0 unspecified atom stereocenters. The molecule has 8 heteroatoms. The Balaban J connectivity index is 2.52. The Labute approximate surface area is 144 Å². The normalized spacial score (nSPS) is 10.6. The summed E-state index contributed by atoms with van der Waals surface area (Å²) in [5.74, 6) is -2.07. The number of likely N-dealkylation sites (N-methyl/N-ethyl adjacent to an activating group) is 1. The number of amides is 2. The van der Waals surface area contributed by atoms with Crippen molar-refractivity contribution in [1.82, 2.24) is 9.47 Å². The first-order valence-corrected chi connectivity index (χ1v) is 7.73. The van der Waals surface area contributed by atoms with Crippen molar-refractivity contribution in [2.75, 3.05) is 25.5 Å². The average Bonchev–Trinajstić information content (AvgIpc) is 2.81. The summed E-state index contributed by atoms with van der Waals surface area (Å²) < 4.78 is 20.8. The lowest BCUT2D eigenvalue weighted by atomic mass is 10.2. The summed E-state index contributed by atoms with van der Waals surface area (Å²) in [4.78, 5) is 37.0. The van der Waals surface area contributed by atoms with Crippen LogP contribution in [0, 0.1) is 5.82 Å². The first kappa shape index (κ1) is 18.4. The lowest BCUT2D eigenvalue weighted by Crippen LogP contribution is -2.33. The topological polar surface area (TPSA) is 80.6 Å². The number of aryl methyl sites for hydroxylation is 1. The maximum atomic E-state index is 14.3. The molecule has 0 bridgehead atoms. The summed E-state index contributed by atoms with van der Waals surface area (Å²) in [6, 6.07) is 4.40. The predicted octanol–water partition coefficient (Wildman–Crippen LogP) is 1.91. The van der Waals surface area contributed by atoms with Crippen molar-refractivity contribution in [3.8, 4) is 0 Å². The average molecular weight is 349 g/mol. The zero-order valence-corrected chi connectivity index (χ0v) is 14.6. The van der Waals surface area contributed by atoms with Gasteiger partial charge in [0.25, 0.3) is 0 Å². The van der Waals surface area contributed by atoms with Gasteiger partial charge in [0.1, 0.15) is 5.82 Å². The molecular weight excluding hydrogens is 329 g/mol. The summed E-state index contributed by atoms with van der Waals surface area (Å²) in [6.45, 7) is 2.90.